The van der Waals surface area contributed by atoms with Gasteiger partial charge in [0, 0.05) is 17.8 Å². The fourth-order valence-corrected chi connectivity index (χ4v) is 12.7. The first-order valence-electron chi connectivity index (χ1n) is 14.1. The van der Waals surface area contributed by atoms with Crippen LogP contribution in [0.15, 0.2) is 52.8 Å². The number of ether oxygens (including phenoxy) is 1. The van der Waals surface area contributed by atoms with E-state index in [0.717, 1.165) is 36.8 Å². The molecule has 0 heterocycles. The van der Waals surface area contributed by atoms with Gasteiger partial charge in [0.25, 0.3) is 0 Å². The summed E-state index contributed by atoms with van der Waals surface area (Å²) in [6.07, 6.45) is 7.26. The Kier molecular flexibility index (Phi) is 7.18. The van der Waals surface area contributed by atoms with Gasteiger partial charge in [-0.3, -0.25) is 9.59 Å². The van der Waals surface area contributed by atoms with E-state index < -0.39 is 13.5 Å². The monoisotopic (exact) mass is 577 g/mol. The molecule has 2 fully saturated rings. The maximum atomic E-state index is 14.7. The van der Waals surface area contributed by atoms with E-state index in [4.69, 9.17) is 17.0 Å². The molecule has 0 aliphatic heterocycles. The highest BCUT2D eigenvalue weighted by molar-refractivity contribution is 8.22. The van der Waals surface area contributed by atoms with Gasteiger partial charge < -0.3 is 4.74 Å². The first kappa shape index (κ1) is 28.5. The van der Waals surface area contributed by atoms with Crippen LogP contribution in [0.5, 0.6) is 0 Å². The normalized spacial score (nSPS) is 33.5. The maximum absolute atomic E-state index is 14.7. The van der Waals surface area contributed by atoms with Crippen molar-refractivity contribution in [3.05, 3.63) is 52.8 Å². The van der Waals surface area contributed by atoms with Crippen molar-refractivity contribution in [3.63, 3.8) is 0 Å². The second kappa shape index (κ2) is 9.82. The van der Waals surface area contributed by atoms with Crippen LogP contribution in [-0.2, 0) is 14.3 Å². The Morgan fingerprint density at radius 1 is 1.18 bits per heavy atom. The Balaban J connectivity index is 1.71. The van der Waals surface area contributed by atoms with E-state index in [1.165, 1.54) is 22.1 Å². The van der Waals surface area contributed by atoms with Crippen molar-refractivity contribution in [2.24, 2.45) is 34.0 Å². The molecule has 206 valence electrons. The highest BCUT2D eigenvalue weighted by Crippen LogP contribution is 2.66. The van der Waals surface area contributed by atoms with Gasteiger partial charge in [-0.25, -0.2) is 0 Å². The zero-order valence-corrected chi connectivity index (χ0v) is 26.6. The van der Waals surface area contributed by atoms with E-state index >= 15 is 0 Å². The summed E-state index contributed by atoms with van der Waals surface area (Å²) >= 11 is 6.83. The van der Waals surface area contributed by atoms with E-state index in [1.807, 2.05) is 18.4 Å². The number of ketones is 2. The van der Waals surface area contributed by atoms with Crippen LogP contribution >= 0.6 is 24.0 Å². The average molecular weight is 578 g/mol. The van der Waals surface area contributed by atoms with Crippen molar-refractivity contribution < 1.29 is 14.3 Å². The van der Waals surface area contributed by atoms with Crippen LogP contribution in [0.1, 0.15) is 52.9 Å². The minimum atomic E-state index is -2.22. The number of hydrogen-bond acceptors (Lipinski definition) is 6. The van der Waals surface area contributed by atoms with Crippen LogP contribution in [0.2, 0.25) is 13.1 Å². The van der Waals surface area contributed by atoms with E-state index in [1.54, 1.807) is 0 Å². The first-order chi connectivity index (χ1) is 18.4. The van der Waals surface area contributed by atoms with E-state index in [-0.39, 0.29) is 46.8 Å². The van der Waals surface area contributed by atoms with Crippen LogP contribution in [0.25, 0.3) is 0 Å². The first-order valence-corrected chi connectivity index (χ1v) is 18.7. The van der Waals surface area contributed by atoms with Gasteiger partial charge >= 0.3 is 0 Å². The van der Waals surface area contributed by atoms with Crippen molar-refractivity contribution >= 4 is 53.2 Å². The van der Waals surface area contributed by atoms with Gasteiger partial charge in [-0.05, 0) is 67.1 Å². The Hall–Kier alpha value is -2.01. The SMILES string of the molecule is CSC(=S)OC[C@]12C(=O)C=C([Si](C)(C)c3ccccc3)C(C)(C)[C@H]1CC(=O)C1=C3CC[C@H](C#N)[C@@]3(C)CC[C@@H]12. The Morgan fingerprint density at radius 3 is 2.51 bits per heavy atom. The quantitative estimate of drug-likeness (QED) is 0.298. The van der Waals surface area contributed by atoms with E-state index in [9.17, 15) is 14.9 Å². The lowest BCUT2D eigenvalue weighted by Gasteiger charge is -2.60. The fraction of sp³-hybridized carbons (Fsp3) is 0.562. The summed E-state index contributed by atoms with van der Waals surface area (Å²) in [6, 6.07) is 13.1. The van der Waals surface area contributed by atoms with Crippen molar-refractivity contribution in [1.82, 2.24) is 0 Å². The summed E-state index contributed by atoms with van der Waals surface area (Å²) in [5.41, 5.74) is 0.477. The summed E-state index contributed by atoms with van der Waals surface area (Å²) in [7, 11) is -2.22. The Labute approximate surface area is 243 Å². The van der Waals surface area contributed by atoms with E-state index in [2.05, 4.69) is 64.2 Å². The second-order valence-corrected chi connectivity index (χ2v) is 19.0. The van der Waals surface area contributed by atoms with Gasteiger partial charge in [-0.15, -0.1) is 0 Å². The molecule has 1 aromatic rings. The number of carbonyl (C=O) groups excluding carboxylic acids is 2. The molecular formula is C32H39NO3S2Si. The molecule has 7 heteroatoms. The van der Waals surface area contributed by atoms with Crippen LogP contribution in [0.4, 0.5) is 0 Å². The van der Waals surface area contributed by atoms with Crippen LogP contribution in [-0.4, -0.2) is 36.9 Å². The zero-order chi connectivity index (χ0) is 28.4. The summed E-state index contributed by atoms with van der Waals surface area (Å²) in [5, 5.41) is 12.4. The summed E-state index contributed by atoms with van der Waals surface area (Å²) in [4.78, 5) is 28.9. The molecule has 0 bridgehead atoms. The lowest BCUT2D eigenvalue weighted by molar-refractivity contribution is -0.148. The number of benzene rings is 1. The molecule has 4 aliphatic rings. The largest absolute Gasteiger partial charge is 0.477 e. The molecule has 0 aromatic heterocycles. The molecular weight excluding hydrogens is 539 g/mol. The van der Waals surface area contributed by atoms with Crippen LogP contribution < -0.4 is 5.19 Å². The molecule has 4 aliphatic carbocycles. The third kappa shape index (κ3) is 4.08. The molecule has 1 aromatic carbocycles. The lowest BCUT2D eigenvalue weighted by atomic mass is 9.45. The fourth-order valence-electron chi connectivity index (χ4n) is 8.86. The number of rotatable bonds is 4. The maximum Gasteiger partial charge on any atom is 0.219 e. The summed E-state index contributed by atoms with van der Waals surface area (Å²) in [5.74, 6) is -0.201. The molecule has 0 saturated heterocycles. The summed E-state index contributed by atoms with van der Waals surface area (Å²) in [6.45, 7) is 11.5. The Morgan fingerprint density at radius 2 is 1.87 bits per heavy atom. The molecule has 0 N–H and O–H groups in total. The van der Waals surface area contributed by atoms with Gasteiger partial charge in [-0.1, -0.05) is 91.9 Å². The van der Waals surface area contributed by atoms with Gasteiger partial charge in [0.2, 0.25) is 4.38 Å². The number of carbonyl (C=O) groups is 2. The van der Waals surface area contributed by atoms with Crippen molar-refractivity contribution in [1.29, 1.82) is 5.26 Å². The highest BCUT2D eigenvalue weighted by Gasteiger charge is 2.66. The predicted molar refractivity (Wildman–Crippen MR) is 164 cm³/mol. The van der Waals surface area contributed by atoms with Crippen LogP contribution in [0, 0.1) is 45.3 Å². The minimum absolute atomic E-state index is 0.0783. The molecule has 5 rings (SSSR count). The average Bonchev–Trinajstić information content (AvgIpc) is 3.26. The van der Waals surface area contributed by atoms with Crippen molar-refractivity contribution in [3.8, 4) is 6.07 Å². The molecule has 5 atom stereocenters. The molecule has 39 heavy (non-hydrogen) atoms. The summed E-state index contributed by atoms with van der Waals surface area (Å²) < 4.78 is 6.62. The van der Waals surface area contributed by atoms with Crippen molar-refractivity contribution in [2.45, 2.75) is 66.0 Å². The lowest BCUT2D eigenvalue weighted by Crippen LogP contribution is -2.64. The number of nitriles is 1. The predicted octanol–water partition coefficient (Wildman–Crippen LogP) is 6.56. The topological polar surface area (TPSA) is 67.2 Å². The number of allylic oxidation sites excluding steroid dienone is 4. The zero-order valence-electron chi connectivity index (χ0n) is 23.9. The van der Waals surface area contributed by atoms with Gasteiger partial charge in [0.1, 0.15) is 14.7 Å². The third-order valence-electron chi connectivity index (χ3n) is 10.9. The standard InChI is InChI=1S/C32H39NO3S2Si/c1-30(2)25-16-24(34)28-22-13-12-20(18-33)31(22,3)15-14-23(28)32(25,19-36-29(37)38-4)26(35)17-27(30)39(5,6)21-10-8-7-9-11-21/h7-11,17,20,23,25H,12-16,19H2,1-6H3/t20-,23+,25-,31-,32-/m1/s1. The molecule has 0 unspecified atom stereocenters. The number of thiocarbonyl (C=S) groups is 1. The number of hydrogen-bond donors (Lipinski definition) is 0. The molecule has 0 spiro atoms. The van der Waals surface area contributed by atoms with E-state index in [0.29, 0.717) is 10.8 Å². The van der Waals surface area contributed by atoms with Crippen molar-refractivity contribution in [2.75, 3.05) is 12.9 Å². The van der Waals surface area contributed by atoms with Gasteiger partial charge in [0.15, 0.2) is 11.6 Å². The molecule has 2 saturated carbocycles. The van der Waals surface area contributed by atoms with Gasteiger partial charge in [0.05, 0.1) is 17.4 Å². The van der Waals surface area contributed by atoms with Gasteiger partial charge in [-0.2, -0.15) is 5.26 Å². The molecule has 0 radical (unpaired) electrons. The Bertz CT molecular complexity index is 1340. The third-order valence-corrected chi connectivity index (χ3v) is 15.9. The molecule has 0 amide bonds. The highest BCUT2D eigenvalue weighted by atomic mass is 32.2. The molecule has 4 nitrogen and oxygen atoms in total. The number of fused-ring (bicyclic) bond motifs is 4. The minimum Gasteiger partial charge on any atom is -0.477 e. The number of Topliss-reactive ketones (excluding diaryl/α,β-unsaturated/α-hetero) is 1. The van der Waals surface area contributed by atoms with Crippen LogP contribution in [0.3, 0.4) is 0 Å². The smallest absolute Gasteiger partial charge is 0.219 e. The second-order valence-electron chi connectivity index (χ2n) is 13.2. The number of nitrogens with zero attached hydrogens (tertiary/aromatic N) is 1. The number of thioether (sulfide) groups is 1.